The lowest BCUT2D eigenvalue weighted by Crippen LogP contribution is -2.03. The highest BCUT2D eigenvalue weighted by Gasteiger charge is 2.10. The summed E-state index contributed by atoms with van der Waals surface area (Å²) >= 11 is 0. The second kappa shape index (κ2) is 4.88. The van der Waals surface area contributed by atoms with Gasteiger partial charge < -0.3 is 10.8 Å². The first-order valence-corrected chi connectivity index (χ1v) is 5.19. The fraction of sp³-hybridized carbons (Fsp3) is 0.154. The molecule has 16 heavy (non-hydrogen) atoms. The van der Waals surface area contributed by atoms with Crippen molar-refractivity contribution >= 4 is 0 Å². The lowest BCUT2D eigenvalue weighted by Gasteiger charge is -2.11. The summed E-state index contributed by atoms with van der Waals surface area (Å²) in [6.45, 7) is 0.475. The highest BCUT2D eigenvalue weighted by Crippen LogP contribution is 2.20. The highest BCUT2D eigenvalue weighted by atomic mass is 16.3. The van der Waals surface area contributed by atoms with Crippen LogP contribution < -0.4 is 5.73 Å². The molecule has 0 saturated heterocycles. The zero-order valence-electron chi connectivity index (χ0n) is 8.88. The van der Waals surface area contributed by atoms with Gasteiger partial charge in [0, 0.05) is 12.7 Å². The number of benzene rings is 1. The van der Waals surface area contributed by atoms with E-state index in [1.807, 2.05) is 36.4 Å². The monoisotopic (exact) mass is 214 g/mol. The van der Waals surface area contributed by atoms with Gasteiger partial charge in [0.25, 0.3) is 0 Å². The molecule has 0 aliphatic carbocycles. The van der Waals surface area contributed by atoms with E-state index in [-0.39, 0.29) is 0 Å². The molecule has 1 unspecified atom stereocenters. The van der Waals surface area contributed by atoms with E-state index in [0.717, 1.165) is 11.1 Å². The Morgan fingerprint density at radius 3 is 2.75 bits per heavy atom. The topological polar surface area (TPSA) is 59.1 Å². The molecule has 0 aliphatic rings. The summed E-state index contributed by atoms with van der Waals surface area (Å²) in [5.74, 6) is 0. The van der Waals surface area contributed by atoms with E-state index in [0.29, 0.717) is 12.2 Å². The minimum Gasteiger partial charge on any atom is -0.382 e. The zero-order valence-corrected chi connectivity index (χ0v) is 8.88. The highest BCUT2D eigenvalue weighted by molar-refractivity contribution is 5.29. The van der Waals surface area contributed by atoms with Crippen LogP contribution in [0, 0.1) is 0 Å². The first kappa shape index (κ1) is 10.8. The lowest BCUT2D eigenvalue weighted by molar-refractivity contribution is 0.215. The van der Waals surface area contributed by atoms with Crippen LogP contribution in [-0.2, 0) is 6.54 Å². The molecule has 1 aromatic heterocycles. The number of hydrogen-bond acceptors (Lipinski definition) is 3. The van der Waals surface area contributed by atoms with Gasteiger partial charge in [0.05, 0.1) is 5.69 Å². The van der Waals surface area contributed by atoms with E-state index < -0.39 is 6.10 Å². The molecule has 0 bridgehead atoms. The van der Waals surface area contributed by atoms with Gasteiger partial charge >= 0.3 is 0 Å². The number of aromatic nitrogens is 1. The summed E-state index contributed by atoms with van der Waals surface area (Å²) in [5, 5.41) is 10.1. The second-order valence-electron chi connectivity index (χ2n) is 3.61. The van der Waals surface area contributed by atoms with E-state index in [2.05, 4.69) is 4.98 Å². The van der Waals surface area contributed by atoms with E-state index in [4.69, 9.17) is 5.73 Å². The molecular weight excluding hydrogens is 200 g/mol. The quantitative estimate of drug-likeness (QED) is 0.816. The molecule has 0 spiro atoms. The van der Waals surface area contributed by atoms with Gasteiger partial charge in [-0.3, -0.25) is 4.98 Å². The predicted octanol–water partition coefficient (Wildman–Crippen LogP) is 1.62. The van der Waals surface area contributed by atoms with E-state index in [1.165, 1.54) is 0 Å². The summed E-state index contributed by atoms with van der Waals surface area (Å²) in [6.07, 6.45) is 0.985. The van der Waals surface area contributed by atoms with Crippen LogP contribution in [0.2, 0.25) is 0 Å². The van der Waals surface area contributed by atoms with Crippen LogP contribution >= 0.6 is 0 Å². The maximum Gasteiger partial charge on any atom is 0.121 e. The third-order valence-electron chi connectivity index (χ3n) is 2.47. The van der Waals surface area contributed by atoms with Crippen molar-refractivity contribution in [3.05, 3.63) is 65.5 Å². The summed E-state index contributed by atoms with van der Waals surface area (Å²) in [5.41, 5.74) is 8.04. The number of aliphatic hydroxyl groups excluding tert-OH is 1. The Morgan fingerprint density at radius 1 is 1.19 bits per heavy atom. The summed E-state index contributed by atoms with van der Waals surface area (Å²) in [4.78, 5) is 4.13. The number of hydrogen-bond donors (Lipinski definition) is 2. The van der Waals surface area contributed by atoms with Gasteiger partial charge in [-0.15, -0.1) is 0 Å². The van der Waals surface area contributed by atoms with Crippen molar-refractivity contribution in [2.24, 2.45) is 5.73 Å². The van der Waals surface area contributed by atoms with Crippen LogP contribution in [-0.4, -0.2) is 10.1 Å². The Morgan fingerprint density at radius 2 is 2.06 bits per heavy atom. The Balaban J connectivity index is 2.30. The van der Waals surface area contributed by atoms with Crippen LogP contribution in [0.15, 0.2) is 48.7 Å². The average Bonchev–Trinajstić information content (AvgIpc) is 2.39. The molecule has 3 nitrogen and oxygen atoms in total. The van der Waals surface area contributed by atoms with Gasteiger partial charge in [-0.2, -0.15) is 0 Å². The molecule has 1 aromatic carbocycles. The number of nitrogens with zero attached hydrogens (tertiary/aromatic N) is 1. The van der Waals surface area contributed by atoms with Crippen molar-refractivity contribution < 1.29 is 5.11 Å². The van der Waals surface area contributed by atoms with E-state index in [9.17, 15) is 5.11 Å². The SMILES string of the molecule is NCc1cccc(C(O)c2ccccn2)c1. The average molecular weight is 214 g/mol. The minimum atomic E-state index is -0.687. The molecule has 2 rings (SSSR count). The maximum atomic E-state index is 10.1. The Kier molecular flexibility index (Phi) is 3.29. The molecule has 0 fully saturated rings. The zero-order chi connectivity index (χ0) is 11.4. The Labute approximate surface area is 94.6 Å². The lowest BCUT2D eigenvalue weighted by atomic mass is 10.0. The van der Waals surface area contributed by atoms with Crippen LogP contribution in [0.5, 0.6) is 0 Å². The maximum absolute atomic E-state index is 10.1. The predicted molar refractivity (Wildman–Crippen MR) is 62.6 cm³/mol. The van der Waals surface area contributed by atoms with Gasteiger partial charge in [-0.1, -0.05) is 30.3 Å². The largest absolute Gasteiger partial charge is 0.382 e. The van der Waals surface area contributed by atoms with E-state index >= 15 is 0 Å². The normalized spacial score (nSPS) is 12.4. The van der Waals surface area contributed by atoms with Crippen molar-refractivity contribution in [1.82, 2.24) is 4.98 Å². The third kappa shape index (κ3) is 2.27. The van der Waals surface area contributed by atoms with E-state index in [1.54, 1.807) is 12.3 Å². The van der Waals surface area contributed by atoms with Gasteiger partial charge in [0.2, 0.25) is 0 Å². The minimum absolute atomic E-state index is 0.475. The van der Waals surface area contributed by atoms with Crippen molar-refractivity contribution in [3.63, 3.8) is 0 Å². The summed E-state index contributed by atoms with van der Waals surface area (Å²) in [6, 6.07) is 13.1. The second-order valence-corrected chi connectivity index (χ2v) is 3.61. The summed E-state index contributed by atoms with van der Waals surface area (Å²) < 4.78 is 0. The number of rotatable bonds is 3. The first-order valence-electron chi connectivity index (χ1n) is 5.19. The summed E-state index contributed by atoms with van der Waals surface area (Å²) in [7, 11) is 0. The Bertz CT molecular complexity index is 456. The number of aliphatic hydroxyl groups is 1. The Hall–Kier alpha value is -1.71. The van der Waals surface area contributed by atoms with Gasteiger partial charge in [0.15, 0.2) is 0 Å². The van der Waals surface area contributed by atoms with Crippen molar-refractivity contribution in [2.75, 3.05) is 0 Å². The third-order valence-corrected chi connectivity index (χ3v) is 2.47. The fourth-order valence-electron chi connectivity index (χ4n) is 1.60. The van der Waals surface area contributed by atoms with Crippen LogP contribution in [0.1, 0.15) is 22.9 Å². The number of pyridine rings is 1. The first-order chi connectivity index (χ1) is 7.81. The molecule has 0 radical (unpaired) electrons. The molecule has 0 aliphatic heterocycles. The standard InChI is InChI=1S/C13H14N2O/c14-9-10-4-3-5-11(8-10)13(16)12-6-1-2-7-15-12/h1-8,13,16H,9,14H2. The molecule has 0 amide bonds. The van der Waals surface area contributed by atoms with Crippen molar-refractivity contribution in [2.45, 2.75) is 12.6 Å². The molecule has 0 saturated carbocycles. The van der Waals surface area contributed by atoms with Gasteiger partial charge in [-0.05, 0) is 23.3 Å². The molecule has 1 atom stereocenters. The molecule has 82 valence electrons. The molecule has 3 N–H and O–H groups in total. The number of nitrogens with two attached hydrogens (primary N) is 1. The molecule has 2 aromatic rings. The van der Waals surface area contributed by atoms with Crippen molar-refractivity contribution in [3.8, 4) is 0 Å². The van der Waals surface area contributed by atoms with Crippen LogP contribution in [0.3, 0.4) is 0 Å². The van der Waals surface area contributed by atoms with Gasteiger partial charge in [-0.25, -0.2) is 0 Å². The smallest absolute Gasteiger partial charge is 0.121 e. The van der Waals surface area contributed by atoms with Crippen molar-refractivity contribution in [1.29, 1.82) is 0 Å². The molecule has 1 heterocycles. The van der Waals surface area contributed by atoms with Crippen LogP contribution in [0.25, 0.3) is 0 Å². The fourth-order valence-corrected chi connectivity index (χ4v) is 1.60. The van der Waals surface area contributed by atoms with Crippen LogP contribution in [0.4, 0.5) is 0 Å². The van der Waals surface area contributed by atoms with Gasteiger partial charge in [0.1, 0.15) is 6.10 Å². The molecule has 3 heteroatoms. The molecular formula is C13H14N2O.